The van der Waals surface area contributed by atoms with Crippen molar-refractivity contribution in [1.82, 2.24) is 0 Å². The van der Waals surface area contributed by atoms with Crippen molar-refractivity contribution in [3.8, 4) is 0 Å². The van der Waals surface area contributed by atoms with Crippen LogP contribution in [0.2, 0.25) is 0 Å². The zero-order valence-electron chi connectivity index (χ0n) is 9.10. The Kier molecular flexibility index (Phi) is 14.7. The minimum Gasteiger partial charge on any atom is -0.480 e. The standard InChI is InChI=1S/C5H11NO2.C3H7NO2.ClH/c1-3(2)4(6)5(7)8;1-6-3(5)2-4;/h3-4H,6H2,1-2H3,(H,7,8);2,4H2,1H3;1H/t4-;;/m0../s1. The van der Waals surface area contributed by atoms with Crippen LogP contribution in [0.15, 0.2) is 0 Å². The number of halogens is 1. The molecule has 0 aliphatic carbocycles. The van der Waals surface area contributed by atoms with Gasteiger partial charge in [-0.3, -0.25) is 9.59 Å². The molecular formula is C8H19ClN2O4. The lowest BCUT2D eigenvalue weighted by molar-refractivity contribution is -0.140. The van der Waals surface area contributed by atoms with Gasteiger partial charge in [-0.2, -0.15) is 0 Å². The maximum Gasteiger partial charge on any atom is 0.320 e. The maximum atomic E-state index is 10.0. The van der Waals surface area contributed by atoms with Gasteiger partial charge in [0.05, 0.1) is 13.7 Å². The Hall–Kier alpha value is -0.850. The largest absolute Gasteiger partial charge is 0.480 e. The molecule has 0 radical (unpaired) electrons. The Bertz CT molecular complexity index is 181. The summed E-state index contributed by atoms with van der Waals surface area (Å²) in [6.07, 6.45) is 0. The van der Waals surface area contributed by atoms with Gasteiger partial charge in [-0.15, -0.1) is 12.4 Å². The molecule has 5 N–H and O–H groups in total. The average Bonchev–Trinajstić information content (AvgIpc) is 2.15. The average molecular weight is 243 g/mol. The summed E-state index contributed by atoms with van der Waals surface area (Å²) in [5, 5.41) is 8.23. The van der Waals surface area contributed by atoms with E-state index in [2.05, 4.69) is 4.74 Å². The van der Waals surface area contributed by atoms with Crippen molar-refractivity contribution in [2.75, 3.05) is 13.7 Å². The second-order valence-electron chi connectivity index (χ2n) is 2.89. The van der Waals surface area contributed by atoms with Crippen LogP contribution in [-0.4, -0.2) is 36.7 Å². The summed E-state index contributed by atoms with van der Waals surface area (Å²) in [5.74, 6) is -1.29. The van der Waals surface area contributed by atoms with Crippen LogP contribution >= 0.6 is 12.4 Å². The number of esters is 1. The third-order valence-corrected chi connectivity index (χ3v) is 1.40. The molecule has 0 saturated heterocycles. The van der Waals surface area contributed by atoms with Crippen LogP contribution in [0, 0.1) is 5.92 Å². The Balaban J connectivity index is -0.000000187. The summed E-state index contributed by atoms with van der Waals surface area (Å²) in [7, 11) is 1.30. The molecule has 92 valence electrons. The summed E-state index contributed by atoms with van der Waals surface area (Å²) in [5.41, 5.74) is 9.97. The van der Waals surface area contributed by atoms with Gasteiger partial charge >= 0.3 is 11.9 Å². The van der Waals surface area contributed by atoms with Crippen molar-refractivity contribution < 1.29 is 19.4 Å². The SMILES string of the molecule is CC(C)[C@H](N)C(=O)O.COC(=O)CN.Cl. The van der Waals surface area contributed by atoms with Gasteiger partial charge in [0.2, 0.25) is 0 Å². The highest BCUT2D eigenvalue weighted by Crippen LogP contribution is 1.96. The zero-order chi connectivity index (χ0) is 11.7. The number of carboxylic acids is 1. The summed E-state index contributed by atoms with van der Waals surface area (Å²) in [4.78, 5) is 19.8. The number of hydrogen-bond acceptors (Lipinski definition) is 5. The lowest BCUT2D eigenvalue weighted by atomic mass is 10.1. The third kappa shape index (κ3) is 13.2. The fraction of sp³-hybridized carbons (Fsp3) is 0.750. The van der Waals surface area contributed by atoms with E-state index in [0.29, 0.717) is 0 Å². The lowest BCUT2D eigenvalue weighted by Crippen LogP contribution is -2.34. The van der Waals surface area contributed by atoms with Crippen molar-refractivity contribution in [3.63, 3.8) is 0 Å². The van der Waals surface area contributed by atoms with Gasteiger partial charge < -0.3 is 21.3 Å². The summed E-state index contributed by atoms with van der Waals surface area (Å²) < 4.78 is 4.14. The highest BCUT2D eigenvalue weighted by molar-refractivity contribution is 5.85. The molecule has 1 atom stereocenters. The smallest absolute Gasteiger partial charge is 0.320 e. The molecule has 0 aliphatic heterocycles. The van der Waals surface area contributed by atoms with Crippen molar-refractivity contribution in [2.24, 2.45) is 17.4 Å². The first kappa shape index (κ1) is 19.7. The van der Waals surface area contributed by atoms with Crippen molar-refractivity contribution >= 4 is 24.3 Å². The van der Waals surface area contributed by atoms with Gasteiger partial charge in [-0.1, -0.05) is 13.8 Å². The molecule has 0 heterocycles. The predicted molar refractivity (Wildman–Crippen MR) is 58.8 cm³/mol. The monoisotopic (exact) mass is 242 g/mol. The molecular weight excluding hydrogens is 224 g/mol. The molecule has 0 fully saturated rings. The van der Waals surface area contributed by atoms with E-state index in [1.807, 2.05) is 0 Å². The van der Waals surface area contributed by atoms with Crippen molar-refractivity contribution in [2.45, 2.75) is 19.9 Å². The number of carbonyl (C=O) groups is 2. The molecule has 0 aromatic rings. The van der Waals surface area contributed by atoms with Gasteiger partial charge in [-0.25, -0.2) is 0 Å². The number of methoxy groups -OCH3 is 1. The first-order valence-electron chi connectivity index (χ1n) is 4.12. The molecule has 0 spiro atoms. The Morgan fingerprint density at radius 1 is 1.40 bits per heavy atom. The predicted octanol–water partition coefficient (Wildman–Crippen LogP) is -0.406. The van der Waals surface area contributed by atoms with E-state index in [9.17, 15) is 9.59 Å². The maximum absolute atomic E-state index is 10.0. The van der Waals surface area contributed by atoms with E-state index in [-0.39, 0.29) is 30.8 Å². The van der Waals surface area contributed by atoms with E-state index in [1.54, 1.807) is 13.8 Å². The van der Waals surface area contributed by atoms with Crippen LogP contribution in [0.25, 0.3) is 0 Å². The van der Waals surface area contributed by atoms with E-state index in [0.717, 1.165) is 0 Å². The van der Waals surface area contributed by atoms with Gasteiger partial charge in [0, 0.05) is 0 Å². The molecule has 0 aliphatic rings. The van der Waals surface area contributed by atoms with Crippen LogP contribution in [0.5, 0.6) is 0 Å². The number of rotatable bonds is 3. The van der Waals surface area contributed by atoms with Crippen LogP contribution in [0.1, 0.15) is 13.8 Å². The van der Waals surface area contributed by atoms with Gasteiger partial charge in [-0.05, 0) is 5.92 Å². The molecule has 0 saturated carbocycles. The summed E-state index contributed by atoms with van der Waals surface area (Å²) >= 11 is 0. The molecule has 0 aromatic heterocycles. The number of hydrogen-bond donors (Lipinski definition) is 3. The zero-order valence-corrected chi connectivity index (χ0v) is 9.91. The fourth-order valence-corrected chi connectivity index (χ4v) is 0.368. The minimum atomic E-state index is -0.931. The fourth-order valence-electron chi connectivity index (χ4n) is 0.368. The van der Waals surface area contributed by atoms with Gasteiger partial charge in [0.25, 0.3) is 0 Å². The Morgan fingerprint density at radius 2 is 1.80 bits per heavy atom. The second-order valence-corrected chi connectivity index (χ2v) is 2.89. The second kappa shape index (κ2) is 11.2. The van der Waals surface area contributed by atoms with E-state index < -0.39 is 12.0 Å². The third-order valence-electron chi connectivity index (χ3n) is 1.40. The Labute approximate surface area is 95.4 Å². The molecule has 0 rings (SSSR count). The summed E-state index contributed by atoms with van der Waals surface area (Å²) in [6, 6.07) is -0.713. The van der Waals surface area contributed by atoms with Crippen molar-refractivity contribution in [3.05, 3.63) is 0 Å². The number of aliphatic carboxylic acids is 1. The molecule has 0 unspecified atom stereocenters. The number of nitrogens with two attached hydrogens (primary N) is 2. The minimum absolute atomic E-state index is 0. The number of ether oxygens (including phenoxy) is 1. The number of carboxylic acid groups (broad SMARTS) is 1. The normalized spacial score (nSPS) is 10.5. The Morgan fingerprint density at radius 3 is 1.80 bits per heavy atom. The topological polar surface area (TPSA) is 116 Å². The molecule has 0 aromatic carbocycles. The van der Waals surface area contributed by atoms with E-state index in [4.69, 9.17) is 16.6 Å². The lowest BCUT2D eigenvalue weighted by Gasteiger charge is -2.07. The first-order chi connectivity index (χ1) is 6.36. The van der Waals surface area contributed by atoms with E-state index in [1.165, 1.54) is 7.11 Å². The van der Waals surface area contributed by atoms with Gasteiger partial charge in [0.1, 0.15) is 6.04 Å². The molecule has 15 heavy (non-hydrogen) atoms. The highest BCUT2D eigenvalue weighted by Gasteiger charge is 2.14. The molecule has 6 nitrogen and oxygen atoms in total. The van der Waals surface area contributed by atoms with Crippen LogP contribution < -0.4 is 11.5 Å². The first-order valence-corrected chi connectivity index (χ1v) is 4.12. The quantitative estimate of drug-likeness (QED) is 0.580. The summed E-state index contributed by atoms with van der Waals surface area (Å²) in [6.45, 7) is 3.52. The molecule has 0 amide bonds. The van der Waals surface area contributed by atoms with Crippen LogP contribution in [0.4, 0.5) is 0 Å². The molecule has 7 heteroatoms. The number of carbonyl (C=O) groups excluding carboxylic acids is 1. The highest BCUT2D eigenvalue weighted by atomic mass is 35.5. The van der Waals surface area contributed by atoms with Crippen LogP contribution in [0.3, 0.4) is 0 Å². The molecule has 0 bridgehead atoms. The van der Waals surface area contributed by atoms with Crippen molar-refractivity contribution in [1.29, 1.82) is 0 Å². The van der Waals surface area contributed by atoms with E-state index >= 15 is 0 Å². The van der Waals surface area contributed by atoms with Crippen LogP contribution in [-0.2, 0) is 14.3 Å². The van der Waals surface area contributed by atoms with Gasteiger partial charge in [0.15, 0.2) is 0 Å².